The second-order valence-corrected chi connectivity index (χ2v) is 3.69. The Hall–Kier alpha value is -1.03. The highest BCUT2D eigenvalue weighted by Crippen LogP contribution is 2.23. The van der Waals surface area contributed by atoms with Crippen molar-refractivity contribution >= 4 is 0 Å². The molecule has 0 saturated carbocycles. The molecular weight excluding hydrogens is 180 g/mol. The van der Waals surface area contributed by atoms with Crippen LogP contribution in [0.4, 0.5) is 0 Å². The number of aryl methyl sites for hydroxylation is 2. The zero-order chi connectivity index (χ0) is 10.9. The van der Waals surface area contributed by atoms with Crippen LogP contribution in [0.5, 0.6) is 5.75 Å². The van der Waals surface area contributed by atoms with Crippen molar-refractivity contribution in [1.82, 2.24) is 9.78 Å². The summed E-state index contributed by atoms with van der Waals surface area (Å²) < 4.78 is 7.40. The van der Waals surface area contributed by atoms with E-state index >= 15 is 0 Å². The van der Waals surface area contributed by atoms with E-state index < -0.39 is 6.10 Å². The summed E-state index contributed by atoms with van der Waals surface area (Å²) in [5.74, 6) is 0.779. The third kappa shape index (κ3) is 2.07. The molecule has 4 heteroatoms. The van der Waals surface area contributed by atoms with Crippen LogP contribution in [0.3, 0.4) is 0 Å². The van der Waals surface area contributed by atoms with E-state index in [-0.39, 0.29) is 6.10 Å². The normalized spacial score (nSPS) is 15.3. The smallest absolute Gasteiger partial charge is 0.163 e. The molecule has 80 valence electrons. The van der Waals surface area contributed by atoms with Crippen LogP contribution >= 0.6 is 0 Å². The number of aromatic nitrogens is 2. The van der Waals surface area contributed by atoms with E-state index in [0.717, 1.165) is 17.1 Å². The van der Waals surface area contributed by atoms with Crippen LogP contribution in [-0.2, 0) is 7.05 Å². The summed E-state index contributed by atoms with van der Waals surface area (Å²) in [6.07, 6.45) is -0.689. The van der Waals surface area contributed by atoms with Crippen molar-refractivity contribution in [3.05, 3.63) is 11.4 Å². The van der Waals surface area contributed by atoms with Crippen molar-refractivity contribution in [2.24, 2.45) is 7.05 Å². The van der Waals surface area contributed by atoms with Crippen molar-refractivity contribution in [1.29, 1.82) is 0 Å². The van der Waals surface area contributed by atoms with E-state index in [9.17, 15) is 5.11 Å². The van der Waals surface area contributed by atoms with Crippen molar-refractivity contribution in [3.8, 4) is 5.75 Å². The molecule has 0 saturated heterocycles. The molecule has 0 bridgehead atoms. The molecule has 0 radical (unpaired) electrons. The van der Waals surface area contributed by atoms with Gasteiger partial charge in [-0.3, -0.25) is 4.68 Å². The van der Waals surface area contributed by atoms with Crippen LogP contribution in [0, 0.1) is 13.8 Å². The quantitative estimate of drug-likeness (QED) is 0.793. The van der Waals surface area contributed by atoms with Gasteiger partial charge in [0.2, 0.25) is 0 Å². The molecule has 0 aliphatic heterocycles. The summed E-state index contributed by atoms with van der Waals surface area (Å²) in [7, 11) is 1.88. The summed E-state index contributed by atoms with van der Waals surface area (Å²) in [5.41, 5.74) is 1.84. The SMILES string of the molecule is Cc1nn(C)c(C)c1OC(C)C(C)O. The van der Waals surface area contributed by atoms with Gasteiger partial charge in [-0.05, 0) is 27.7 Å². The predicted octanol–water partition coefficient (Wildman–Crippen LogP) is 1.19. The van der Waals surface area contributed by atoms with Crippen molar-refractivity contribution in [2.75, 3.05) is 0 Å². The van der Waals surface area contributed by atoms with Crippen LogP contribution in [-0.4, -0.2) is 27.1 Å². The summed E-state index contributed by atoms with van der Waals surface area (Å²) >= 11 is 0. The number of rotatable bonds is 3. The van der Waals surface area contributed by atoms with Crippen molar-refractivity contribution < 1.29 is 9.84 Å². The van der Waals surface area contributed by atoms with Crippen molar-refractivity contribution in [2.45, 2.75) is 39.9 Å². The molecular formula is C10H18N2O2. The molecule has 1 rings (SSSR count). The van der Waals surface area contributed by atoms with E-state index in [4.69, 9.17) is 4.74 Å². The monoisotopic (exact) mass is 198 g/mol. The zero-order valence-electron chi connectivity index (χ0n) is 9.40. The van der Waals surface area contributed by atoms with Crippen LogP contribution in [0.25, 0.3) is 0 Å². The van der Waals surface area contributed by atoms with Gasteiger partial charge in [0.1, 0.15) is 11.8 Å². The molecule has 2 atom stereocenters. The third-order valence-electron chi connectivity index (χ3n) is 2.43. The molecule has 4 nitrogen and oxygen atoms in total. The first kappa shape index (κ1) is 11.0. The Morgan fingerprint density at radius 3 is 2.29 bits per heavy atom. The van der Waals surface area contributed by atoms with E-state index in [2.05, 4.69) is 5.10 Å². The first-order valence-corrected chi connectivity index (χ1v) is 4.78. The van der Waals surface area contributed by atoms with Gasteiger partial charge < -0.3 is 9.84 Å². The summed E-state index contributed by atoms with van der Waals surface area (Å²) in [6, 6.07) is 0. The summed E-state index contributed by atoms with van der Waals surface area (Å²) in [4.78, 5) is 0. The van der Waals surface area contributed by atoms with Gasteiger partial charge in [0.25, 0.3) is 0 Å². The molecule has 1 N–H and O–H groups in total. The molecule has 2 unspecified atom stereocenters. The van der Waals surface area contributed by atoms with E-state index in [1.165, 1.54) is 0 Å². The minimum absolute atomic E-state index is 0.211. The molecule has 0 aromatic carbocycles. The third-order valence-corrected chi connectivity index (χ3v) is 2.43. The number of aliphatic hydroxyl groups is 1. The molecule has 14 heavy (non-hydrogen) atoms. The Balaban J connectivity index is 2.86. The lowest BCUT2D eigenvalue weighted by Crippen LogP contribution is -2.26. The van der Waals surface area contributed by atoms with Crippen LogP contribution in [0.2, 0.25) is 0 Å². The molecule has 1 aromatic rings. The first-order chi connectivity index (χ1) is 6.43. The number of aliphatic hydroxyl groups excluding tert-OH is 1. The van der Waals surface area contributed by atoms with E-state index in [1.807, 2.05) is 27.8 Å². The fourth-order valence-electron chi connectivity index (χ4n) is 1.21. The lowest BCUT2D eigenvalue weighted by atomic mass is 10.2. The van der Waals surface area contributed by atoms with Gasteiger partial charge in [-0.1, -0.05) is 0 Å². The Kier molecular flexibility index (Phi) is 3.16. The Morgan fingerprint density at radius 1 is 1.36 bits per heavy atom. The Bertz CT molecular complexity index is 318. The van der Waals surface area contributed by atoms with Gasteiger partial charge in [-0.25, -0.2) is 0 Å². The summed E-state index contributed by atoms with van der Waals surface area (Å²) in [5, 5.41) is 13.6. The van der Waals surface area contributed by atoms with Gasteiger partial charge in [-0.2, -0.15) is 5.10 Å². The molecule has 0 amide bonds. The summed E-state index contributed by atoms with van der Waals surface area (Å²) in [6.45, 7) is 7.41. The van der Waals surface area contributed by atoms with Crippen molar-refractivity contribution in [3.63, 3.8) is 0 Å². The molecule has 1 aromatic heterocycles. The lowest BCUT2D eigenvalue weighted by Gasteiger charge is -2.17. The molecule has 0 aliphatic carbocycles. The van der Waals surface area contributed by atoms with Crippen LogP contribution in [0.15, 0.2) is 0 Å². The van der Waals surface area contributed by atoms with Gasteiger partial charge in [0, 0.05) is 7.05 Å². The number of hydrogen-bond donors (Lipinski definition) is 1. The molecule has 1 heterocycles. The maximum atomic E-state index is 9.32. The molecule has 0 spiro atoms. The average molecular weight is 198 g/mol. The van der Waals surface area contributed by atoms with Crippen LogP contribution in [0.1, 0.15) is 25.2 Å². The standard InChI is InChI=1S/C10H18N2O2/c1-6-10(7(2)12(5)11-6)14-9(4)8(3)13/h8-9,13H,1-5H3. The predicted molar refractivity (Wildman–Crippen MR) is 54.5 cm³/mol. The van der Waals surface area contributed by atoms with E-state index in [0.29, 0.717) is 0 Å². The van der Waals surface area contributed by atoms with Gasteiger partial charge in [0.15, 0.2) is 5.75 Å². The Labute approximate surface area is 84.5 Å². The average Bonchev–Trinajstić information content (AvgIpc) is 2.32. The number of hydrogen-bond acceptors (Lipinski definition) is 3. The number of ether oxygens (including phenoxy) is 1. The Morgan fingerprint density at radius 2 is 1.93 bits per heavy atom. The first-order valence-electron chi connectivity index (χ1n) is 4.78. The van der Waals surface area contributed by atoms with Gasteiger partial charge in [0.05, 0.1) is 11.8 Å². The highest BCUT2D eigenvalue weighted by Gasteiger charge is 2.16. The maximum absolute atomic E-state index is 9.32. The molecule has 0 aliphatic rings. The zero-order valence-corrected chi connectivity index (χ0v) is 9.40. The van der Waals surface area contributed by atoms with E-state index in [1.54, 1.807) is 11.6 Å². The second kappa shape index (κ2) is 4.00. The largest absolute Gasteiger partial charge is 0.484 e. The van der Waals surface area contributed by atoms with Crippen LogP contribution < -0.4 is 4.74 Å². The fraction of sp³-hybridized carbons (Fsp3) is 0.700. The van der Waals surface area contributed by atoms with Gasteiger partial charge >= 0.3 is 0 Å². The number of nitrogens with zero attached hydrogens (tertiary/aromatic N) is 2. The lowest BCUT2D eigenvalue weighted by molar-refractivity contribution is 0.0595. The highest BCUT2D eigenvalue weighted by atomic mass is 16.5. The minimum atomic E-state index is -0.478. The second-order valence-electron chi connectivity index (χ2n) is 3.69. The fourth-order valence-corrected chi connectivity index (χ4v) is 1.21. The highest BCUT2D eigenvalue weighted by molar-refractivity contribution is 5.31. The van der Waals surface area contributed by atoms with Gasteiger partial charge in [-0.15, -0.1) is 0 Å². The maximum Gasteiger partial charge on any atom is 0.163 e. The topological polar surface area (TPSA) is 47.3 Å². The minimum Gasteiger partial charge on any atom is -0.484 e. The molecule has 0 fully saturated rings.